The Hall–Kier alpha value is -3.49. The number of carbonyl (C=O) groups excluding carboxylic acids is 2. The molecule has 3 N–H and O–H groups in total. The van der Waals surface area contributed by atoms with Gasteiger partial charge < -0.3 is 14.8 Å². The Kier molecular flexibility index (Phi) is 6.81. The fourth-order valence-corrected chi connectivity index (χ4v) is 4.62. The van der Waals surface area contributed by atoms with E-state index in [1.807, 2.05) is 51.1 Å². The van der Waals surface area contributed by atoms with Crippen molar-refractivity contribution in [3.63, 3.8) is 0 Å². The number of benzene rings is 2. The van der Waals surface area contributed by atoms with Gasteiger partial charge in [-0.05, 0) is 63.6 Å². The number of carbonyl (C=O) groups is 2. The number of rotatable bonds is 7. The number of hydrogen-bond acceptors (Lipinski definition) is 6. The Bertz CT molecular complexity index is 1200. The maximum atomic E-state index is 13.0. The number of fused-ring (bicyclic) bond motifs is 1. The summed E-state index contributed by atoms with van der Waals surface area (Å²) in [6.07, 6.45) is -0.120. The average molecular weight is 464 g/mol. The van der Waals surface area contributed by atoms with E-state index in [0.29, 0.717) is 24.3 Å². The van der Waals surface area contributed by atoms with Crippen LogP contribution < -0.4 is 15.5 Å². The van der Waals surface area contributed by atoms with Crippen molar-refractivity contribution in [2.24, 2.45) is 0 Å². The van der Waals surface area contributed by atoms with E-state index in [1.54, 1.807) is 29.7 Å². The lowest BCUT2D eigenvalue weighted by Gasteiger charge is -2.32. The van der Waals surface area contributed by atoms with E-state index in [4.69, 9.17) is 14.7 Å². The van der Waals surface area contributed by atoms with Crippen LogP contribution in [0.1, 0.15) is 48.3 Å². The van der Waals surface area contributed by atoms with E-state index in [-0.39, 0.29) is 24.5 Å². The maximum Gasteiger partial charge on any atom is 0.251 e. The van der Waals surface area contributed by atoms with E-state index < -0.39 is 11.4 Å². The molecule has 3 atom stereocenters. The monoisotopic (exact) mass is 463 g/mol. The Morgan fingerprint density at radius 3 is 2.59 bits per heavy atom. The molecule has 2 amide bonds. The Morgan fingerprint density at radius 2 is 1.91 bits per heavy atom. The second kappa shape index (κ2) is 9.79. The zero-order chi connectivity index (χ0) is 24.3. The molecule has 0 spiro atoms. The first-order chi connectivity index (χ1) is 16.3. The first-order valence-corrected chi connectivity index (χ1v) is 11.3. The van der Waals surface area contributed by atoms with Crippen molar-refractivity contribution in [2.75, 3.05) is 0 Å². The third-order valence-corrected chi connectivity index (χ3v) is 6.27. The van der Waals surface area contributed by atoms with E-state index in [2.05, 4.69) is 10.3 Å². The summed E-state index contributed by atoms with van der Waals surface area (Å²) in [5.74, 6) is -0.263. The van der Waals surface area contributed by atoms with Gasteiger partial charge in [-0.1, -0.05) is 18.2 Å². The summed E-state index contributed by atoms with van der Waals surface area (Å²) >= 11 is 0. The molecule has 1 fully saturated rings. The molecule has 3 unspecified atom stereocenters. The van der Waals surface area contributed by atoms with Gasteiger partial charge in [-0.25, -0.2) is 5.48 Å². The number of aromatic nitrogens is 1. The number of nitrogens with one attached hydrogen (secondary N) is 2. The minimum Gasteiger partial charge on any atom is -0.489 e. The normalized spacial score (nSPS) is 21.9. The van der Waals surface area contributed by atoms with Crippen LogP contribution in [0, 0.1) is 6.92 Å². The van der Waals surface area contributed by atoms with E-state index in [9.17, 15) is 9.59 Å². The molecule has 8 heteroatoms. The van der Waals surface area contributed by atoms with Gasteiger partial charge in [0.2, 0.25) is 5.91 Å². The smallest absolute Gasteiger partial charge is 0.251 e. The SMILES string of the molecule is Cc1cc(COc2ccc(C(=O)NC3(CC(=O)NO)CC(C)OC3C)cc2)c2ccccc2n1. The predicted molar refractivity (Wildman–Crippen MR) is 127 cm³/mol. The van der Waals surface area contributed by atoms with E-state index in [0.717, 1.165) is 22.2 Å². The van der Waals surface area contributed by atoms with Gasteiger partial charge >= 0.3 is 0 Å². The zero-order valence-electron chi connectivity index (χ0n) is 19.5. The highest BCUT2D eigenvalue weighted by molar-refractivity contribution is 5.95. The van der Waals surface area contributed by atoms with Crippen molar-refractivity contribution in [3.8, 4) is 5.75 Å². The Morgan fingerprint density at radius 1 is 1.18 bits per heavy atom. The molecule has 1 aliphatic rings. The third kappa shape index (κ3) is 5.03. The highest BCUT2D eigenvalue weighted by Crippen LogP contribution is 2.34. The molecule has 2 heterocycles. The molecule has 1 aromatic heterocycles. The van der Waals surface area contributed by atoms with Gasteiger partial charge in [-0.15, -0.1) is 0 Å². The topological polar surface area (TPSA) is 110 Å². The van der Waals surface area contributed by atoms with Gasteiger partial charge in [0.1, 0.15) is 12.4 Å². The van der Waals surface area contributed by atoms with Crippen molar-refractivity contribution >= 4 is 22.7 Å². The minimum absolute atomic E-state index is 0.0821. The minimum atomic E-state index is -0.904. The largest absolute Gasteiger partial charge is 0.489 e. The first kappa shape index (κ1) is 23.7. The predicted octanol–water partition coefficient (Wildman–Crippen LogP) is 3.68. The summed E-state index contributed by atoms with van der Waals surface area (Å²) in [6, 6.07) is 16.8. The number of aryl methyl sites for hydroxylation is 1. The number of para-hydroxylation sites is 1. The van der Waals surface area contributed by atoms with Crippen LogP contribution in [-0.2, 0) is 16.1 Å². The van der Waals surface area contributed by atoms with Crippen molar-refractivity contribution in [3.05, 3.63) is 71.4 Å². The van der Waals surface area contributed by atoms with Gasteiger partial charge in [0.25, 0.3) is 5.91 Å². The van der Waals surface area contributed by atoms with Crippen LogP contribution in [0.15, 0.2) is 54.6 Å². The molecule has 34 heavy (non-hydrogen) atoms. The average Bonchev–Trinajstić information content (AvgIpc) is 3.09. The molecule has 3 aromatic rings. The number of hydroxylamine groups is 1. The summed E-state index contributed by atoms with van der Waals surface area (Å²) in [6.45, 7) is 6.04. The highest BCUT2D eigenvalue weighted by Gasteiger charge is 2.47. The molecule has 178 valence electrons. The first-order valence-electron chi connectivity index (χ1n) is 11.3. The molecule has 8 nitrogen and oxygen atoms in total. The number of nitrogens with zero attached hydrogens (tertiary/aromatic N) is 1. The van der Waals surface area contributed by atoms with Crippen LogP contribution in [0.5, 0.6) is 5.75 Å². The fraction of sp³-hybridized carbons (Fsp3) is 0.346. The van der Waals surface area contributed by atoms with Crippen molar-refractivity contribution < 1.29 is 24.3 Å². The van der Waals surface area contributed by atoms with Crippen LogP contribution in [0.25, 0.3) is 10.9 Å². The number of hydrogen-bond donors (Lipinski definition) is 3. The van der Waals surface area contributed by atoms with E-state index in [1.165, 1.54) is 0 Å². The summed E-state index contributed by atoms with van der Waals surface area (Å²) < 4.78 is 11.8. The van der Waals surface area contributed by atoms with Crippen molar-refractivity contribution in [2.45, 2.75) is 58.0 Å². The zero-order valence-corrected chi connectivity index (χ0v) is 19.5. The van der Waals surface area contributed by atoms with Crippen LogP contribution in [0.3, 0.4) is 0 Å². The van der Waals surface area contributed by atoms with Crippen LogP contribution in [0.4, 0.5) is 0 Å². The highest BCUT2D eigenvalue weighted by atomic mass is 16.5. The molecule has 2 aromatic carbocycles. The quantitative estimate of drug-likeness (QED) is 0.364. The van der Waals surface area contributed by atoms with Crippen LogP contribution in [-0.4, -0.2) is 39.8 Å². The molecular formula is C26H29N3O5. The van der Waals surface area contributed by atoms with Gasteiger partial charge in [-0.3, -0.25) is 19.8 Å². The van der Waals surface area contributed by atoms with Gasteiger partial charge in [-0.2, -0.15) is 0 Å². The summed E-state index contributed by atoms with van der Waals surface area (Å²) in [7, 11) is 0. The number of ether oxygens (including phenoxy) is 2. The lowest BCUT2D eigenvalue weighted by molar-refractivity contribution is -0.131. The van der Waals surface area contributed by atoms with E-state index >= 15 is 0 Å². The number of pyridine rings is 1. The second-order valence-electron chi connectivity index (χ2n) is 8.87. The van der Waals surface area contributed by atoms with Gasteiger partial charge in [0.05, 0.1) is 29.7 Å². The molecule has 4 rings (SSSR count). The Labute approximate surface area is 198 Å². The number of amides is 2. The maximum absolute atomic E-state index is 13.0. The van der Waals surface area contributed by atoms with Gasteiger partial charge in [0.15, 0.2) is 0 Å². The molecule has 0 saturated carbocycles. The molecular weight excluding hydrogens is 434 g/mol. The van der Waals surface area contributed by atoms with Crippen molar-refractivity contribution in [1.29, 1.82) is 0 Å². The van der Waals surface area contributed by atoms with Crippen LogP contribution >= 0.6 is 0 Å². The molecule has 1 aliphatic heterocycles. The molecule has 0 aliphatic carbocycles. The lowest BCUT2D eigenvalue weighted by atomic mass is 9.86. The summed E-state index contributed by atoms with van der Waals surface area (Å²) in [5, 5.41) is 13.0. The Balaban J connectivity index is 1.45. The van der Waals surface area contributed by atoms with Crippen molar-refractivity contribution in [1.82, 2.24) is 15.8 Å². The van der Waals surface area contributed by atoms with Crippen LogP contribution in [0.2, 0.25) is 0 Å². The molecule has 1 saturated heterocycles. The molecule has 0 radical (unpaired) electrons. The lowest BCUT2D eigenvalue weighted by Crippen LogP contribution is -2.55. The standard InChI is InChI=1S/C26H29N3O5/c1-16-12-20(22-6-4-5-7-23(22)27-16)15-33-21-10-8-19(9-11-21)25(31)28-26(14-24(30)29-32)13-17(2)34-18(26)3/h4-12,17-18,32H,13-15H2,1-3H3,(H,28,31)(H,29,30). The molecule has 0 bridgehead atoms. The van der Waals surface area contributed by atoms with Gasteiger partial charge in [0, 0.05) is 22.2 Å². The summed E-state index contributed by atoms with van der Waals surface area (Å²) in [4.78, 5) is 29.4. The fourth-order valence-electron chi connectivity index (χ4n) is 4.62. The summed E-state index contributed by atoms with van der Waals surface area (Å²) in [5.41, 5.74) is 4.07. The third-order valence-electron chi connectivity index (χ3n) is 6.27. The second-order valence-corrected chi connectivity index (χ2v) is 8.87.